The zero-order valence-corrected chi connectivity index (χ0v) is 23.3. The van der Waals surface area contributed by atoms with Gasteiger partial charge < -0.3 is 5.11 Å². The minimum absolute atomic E-state index is 0.0904. The maximum Gasteiger partial charge on any atom is 0.265 e. The van der Waals surface area contributed by atoms with Crippen molar-refractivity contribution < 1.29 is 21.9 Å². The van der Waals surface area contributed by atoms with Gasteiger partial charge in [0.25, 0.3) is 20.0 Å². The van der Waals surface area contributed by atoms with E-state index >= 15 is 0 Å². The first-order chi connectivity index (χ1) is 16.4. The van der Waals surface area contributed by atoms with E-state index in [1.54, 1.807) is 62.4 Å². The molecule has 0 aromatic heterocycles. The molecule has 0 radical (unpaired) electrons. The predicted molar refractivity (Wildman–Crippen MR) is 145 cm³/mol. The first-order valence-electron chi connectivity index (χ1n) is 10.2. The van der Waals surface area contributed by atoms with Crippen molar-refractivity contribution in [2.45, 2.75) is 23.6 Å². The van der Waals surface area contributed by atoms with E-state index in [2.05, 4.69) is 41.3 Å². The number of anilines is 2. The van der Waals surface area contributed by atoms with Gasteiger partial charge in [0.05, 0.1) is 16.3 Å². The number of fused-ring (bicyclic) bond motifs is 1. The molecule has 0 unspecified atom stereocenters. The van der Waals surface area contributed by atoms with Crippen molar-refractivity contribution in [1.82, 2.24) is 0 Å². The molecule has 0 amide bonds. The Morgan fingerprint density at radius 2 is 1.11 bits per heavy atom. The molecule has 0 aliphatic carbocycles. The van der Waals surface area contributed by atoms with Crippen LogP contribution in [0.15, 0.2) is 85.5 Å². The smallest absolute Gasteiger partial charge is 0.265 e. The quantitative estimate of drug-likeness (QED) is 0.230. The highest BCUT2D eigenvalue weighted by Crippen LogP contribution is 2.38. The highest BCUT2D eigenvalue weighted by molar-refractivity contribution is 9.10. The molecule has 0 bridgehead atoms. The van der Waals surface area contributed by atoms with Gasteiger partial charge in [0.1, 0.15) is 10.6 Å². The summed E-state index contributed by atoms with van der Waals surface area (Å²) in [5.74, 6) is -0.543. The van der Waals surface area contributed by atoms with Gasteiger partial charge in [-0.2, -0.15) is 0 Å². The van der Waals surface area contributed by atoms with Crippen LogP contribution in [0.4, 0.5) is 11.4 Å². The summed E-state index contributed by atoms with van der Waals surface area (Å²) in [5, 5.41) is 11.2. The first-order valence-corrected chi connectivity index (χ1v) is 14.8. The minimum atomic E-state index is -4.37. The summed E-state index contributed by atoms with van der Waals surface area (Å²) in [7, 11) is -8.61. The van der Waals surface area contributed by atoms with E-state index in [-0.39, 0.29) is 15.7 Å². The Kier molecular flexibility index (Phi) is 6.89. The van der Waals surface area contributed by atoms with Crippen molar-refractivity contribution >= 4 is 74.1 Å². The number of rotatable bonds is 6. The third kappa shape index (κ3) is 4.90. The summed E-state index contributed by atoms with van der Waals surface area (Å²) in [5.41, 5.74) is 1.93. The van der Waals surface area contributed by atoms with Crippen molar-refractivity contribution in [2.24, 2.45) is 0 Å². The van der Waals surface area contributed by atoms with E-state index in [1.807, 2.05) is 0 Å². The number of sulfonamides is 2. The van der Waals surface area contributed by atoms with Gasteiger partial charge in [0, 0.05) is 19.7 Å². The third-order valence-electron chi connectivity index (χ3n) is 5.55. The molecule has 0 saturated carbocycles. The van der Waals surface area contributed by atoms with Gasteiger partial charge in [-0.15, -0.1) is 0 Å². The first kappa shape index (κ1) is 25.5. The number of benzene rings is 4. The van der Waals surface area contributed by atoms with Crippen LogP contribution in [0, 0.1) is 13.8 Å². The van der Waals surface area contributed by atoms with Crippen molar-refractivity contribution in [1.29, 1.82) is 0 Å². The van der Waals surface area contributed by atoms with Crippen LogP contribution in [0.5, 0.6) is 5.75 Å². The molecule has 4 aromatic carbocycles. The normalized spacial score (nSPS) is 12.0. The molecule has 0 heterocycles. The van der Waals surface area contributed by atoms with Crippen LogP contribution in [0.1, 0.15) is 11.1 Å². The highest BCUT2D eigenvalue weighted by atomic mass is 79.9. The Balaban J connectivity index is 1.90. The number of hydrogen-bond donors (Lipinski definition) is 3. The van der Waals surface area contributed by atoms with Crippen LogP contribution in [-0.4, -0.2) is 21.9 Å². The molecule has 35 heavy (non-hydrogen) atoms. The van der Waals surface area contributed by atoms with Crippen LogP contribution in [-0.2, 0) is 20.0 Å². The summed E-state index contributed by atoms with van der Waals surface area (Å²) in [4.78, 5) is -0.835. The molecule has 0 fully saturated rings. The van der Waals surface area contributed by atoms with Crippen LogP contribution >= 0.6 is 31.9 Å². The Morgan fingerprint density at radius 3 is 1.63 bits per heavy atom. The molecular formula is C24H20Br2N2O5S2. The molecule has 0 aliphatic rings. The van der Waals surface area contributed by atoms with E-state index in [1.165, 1.54) is 12.1 Å². The topological polar surface area (TPSA) is 113 Å². The van der Waals surface area contributed by atoms with Gasteiger partial charge in [0.2, 0.25) is 0 Å². The number of aromatic hydroxyl groups is 1. The molecule has 0 saturated heterocycles. The van der Waals surface area contributed by atoms with Gasteiger partial charge in [-0.05, 0) is 55.3 Å². The molecular weight excluding hydrogens is 620 g/mol. The SMILES string of the molecule is Cc1c(Br)cccc1NS(=O)(=O)c1cc(S(=O)(=O)Nc2cccc(Br)c2C)c2ccccc2c1O. The van der Waals surface area contributed by atoms with Gasteiger partial charge in [-0.3, -0.25) is 9.44 Å². The maximum absolute atomic E-state index is 13.5. The molecule has 0 aliphatic heterocycles. The van der Waals surface area contributed by atoms with Crippen molar-refractivity contribution in [3.05, 3.63) is 86.8 Å². The van der Waals surface area contributed by atoms with E-state index in [9.17, 15) is 21.9 Å². The fourth-order valence-electron chi connectivity index (χ4n) is 3.57. The second-order valence-corrected chi connectivity index (χ2v) is 12.8. The van der Waals surface area contributed by atoms with Crippen molar-refractivity contribution in [2.75, 3.05) is 9.44 Å². The standard InChI is InChI=1S/C24H20Br2N2O5S2/c1-14-18(25)9-5-11-20(14)27-34(30,31)22-13-23(24(29)17-8-4-3-7-16(17)22)35(32,33)28-21-12-6-10-19(26)15(21)2/h3-13,27-29H,1-2H3. The number of nitrogens with one attached hydrogen (secondary N) is 2. The fourth-order valence-corrected chi connectivity index (χ4v) is 6.99. The predicted octanol–water partition coefficient (Wildman–Crippen LogP) is 6.29. The van der Waals surface area contributed by atoms with E-state index < -0.39 is 30.7 Å². The fraction of sp³-hybridized carbons (Fsp3) is 0.0833. The average molecular weight is 640 g/mol. The molecule has 0 atom stereocenters. The second-order valence-electron chi connectivity index (χ2n) is 7.80. The molecule has 7 nitrogen and oxygen atoms in total. The minimum Gasteiger partial charge on any atom is -0.506 e. The number of halogens is 2. The second kappa shape index (κ2) is 9.45. The molecule has 4 aromatic rings. The van der Waals surface area contributed by atoms with E-state index in [4.69, 9.17) is 0 Å². The largest absolute Gasteiger partial charge is 0.506 e. The zero-order valence-electron chi connectivity index (χ0n) is 18.5. The number of phenolic OH excluding ortho intramolecular Hbond substituents is 1. The van der Waals surface area contributed by atoms with E-state index in [0.29, 0.717) is 31.4 Å². The lowest BCUT2D eigenvalue weighted by Gasteiger charge is -2.17. The number of hydrogen-bond acceptors (Lipinski definition) is 5. The van der Waals surface area contributed by atoms with Gasteiger partial charge >= 0.3 is 0 Å². The van der Waals surface area contributed by atoms with Crippen LogP contribution in [0.3, 0.4) is 0 Å². The Hall–Kier alpha value is -2.60. The van der Waals surface area contributed by atoms with Gasteiger partial charge in [-0.25, -0.2) is 16.8 Å². The summed E-state index contributed by atoms with van der Waals surface area (Å²) >= 11 is 6.74. The summed E-state index contributed by atoms with van der Waals surface area (Å²) < 4.78 is 60.1. The number of phenols is 1. The van der Waals surface area contributed by atoms with E-state index in [0.717, 1.165) is 6.07 Å². The molecule has 4 rings (SSSR count). The highest BCUT2D eigenvalue weighted by Gasteiger charge is 2.28. The van der Waals surface area contributed by atoms with Gasteiger partial charge in [0.15, 0.2) is 0 Å². The Labute approximate surface area is 220 Å². The van der Waals surface area contributed by atoms with Gasteiger partial charge in [-0.1, -0.05) is 68.3 Å². The third-order valence-corrected chi connectivity index (χ3v) is 10.0. The van der Waals surface area contributed by atoms with Crippen LogP contribution in [0.2, 0.25) is 0 Å². The lowest BCUT2D eigenvalue weighted by molar-refractivity contribution is 0.465. The summed E-state index contributed by atoms with van der Waals surface area (Å²) in [6.45, 7) is 3.47. The molecule has 3 N–H and O–H groups in total. The van der Waals surface area contributed by atoms with Crippen LogP contribution < -0.4 is 9.44 Å². The lowest BCUT2D eigenvalue weighted by atomic mass is 10.1. The summed E-state index contributed by atoms with van der Waals surface area (Å²) in [6, 6.07) is 17.2. The van der Waals surface area contributed by atoms with Crippen LogP contribution in [0.25, 0.3) is 10.8 Å². The Morgan fingerprint density at radius 1 is 0.657 bits per heavy atom. The Bertz CT molecular complexity index is 1690. The maximum atomic E-state index is 13.5. The average Bonchev–Trinajstić information content (AvgIpc) is 2.80. The summed E-state index contributed by atoms with van der Waals surface area (Å²) in [6.07, 6.45) is 0. The zero-order chi connectivity index (χ0) is 25.5. The lowest BCUT2D eigenvalue weighted by Crippen LogP contribution is -2.18. The van der Waals surface area contributed by atoms with Crippen molar-refractivity contribution in [3.8, 4) is 5.75 Å². The van der Waals surface area contributed by atoms with Crippen molar-refractivity contribution in [3.63, 3.8) is 0 Å². The molecule has 11 heteroatoms. The monoisotopic (exact) mass is 638 g/mol. The molecule has 182 valence electrons. The molecule has 0 spiro atoms.